The Labute approximate surface area is 115 Å². The van der Waals surface area contributed by atoms with Gasteiger partial charge in [0.25, 0.3) is 11.7 Å². The second kappa shape index (κ2) is 5.38. The molecule has 0 bridgehead atoms. The van der Waals surface area contributed by atoms with Gasteiger partial charge in [-0.15, -0.1) is 0 Å². The molecule has 1 saturated heterocycles. The summed E-state index contributed by atoms with van der Waals surface area (Å²) < 4.78 is 5.13. The molecular formula is C13H15N5O2. The zero-order valence-corrected chi connectivity index (χ0v) is 11.1. The summed E-state index contributed by atoms with van der Waals surface area (Å²) in [4.78, 5) is 20.2. The molecule has 0 aromatic carbocycles. The minimum atomic E-state index is -0.420. The smallest absolute Gasteiger partial charge is 0.298 e. The highest BCUT2D eigenvalue weighted by Crippen LogP contribution is 2.21. The number of nitrogens with one attached hydrogen (secondary N) is 2. The third-order valence-corrected chi connectivity index (χ3v) is 3.16. The second-order valence-corrected chi connectivity index (χ2v) is 4.78. The van der Waals surface area contributed by atoms with Crippen LogP contribution in [-0.2, 0) is 0 Å². The largest absolute Gasteiger partial charge is 0.337 e. The van der Waals surface area contributed by atoms with Crippen LogP contribution < -0.4 is 10.6 Å². The number of pyridine rings is 1. The number of hydrogen-bond donors (Lipinski definition) is 2. The number of rotatable bonds is 3. The summed E-state index contributed by atoms with van der Waals surface area (Å²) in [6, 6.07) is 3.69. The molecule has 2 aromatic rings. The first kappa shape index (κ1) is 12.7. The fourth-order valence-corrected chi connectivity index (χ4v) is 2.14. The standard InChI is InChI=1S/C13H15N5O2/c1-8-4-6-15-10(7-8)16-12(19)11-17-13(20-18-11)9-3-2-5-14-9/h4,6-7,9,14H,2-3,5H2,1H3,(H,15,16,19). The van der Waals surface area contributed by atoms with Crippen LogP contribution in [0, 0.1) is 6.92 Å². The Bertz CT molecular complexity index is 619. The van der Waals surface area contributed by atoms with Gasteiger partial charge in [-0.05, 0) is 44.0 Å². The molecule has 7 nitrogen and oxygen atoms in total. The van der Waals surface area contributed by atoms with E-state index < -0.39 is 5.91 Å². The maximum Gasteiger partial charge on any atom is 0.298 e. The van der Waals surface area contributed by atoms with Crippen molar-refractivity contribution in [2.75, 3.05) is 11.9 Å². The molecule has 0 radical (unpaired) electrons. The molecule has 0 aliphatic carbocycles. The maximum absolute atomic E-state index is 12.0. The van der Waals surface area contributed by atoms with E-state index in [0.29, 0.717) is 11.7 Å². The van der Waals surface area contributed by atoms with Crippen molar-refractivity contribution in [1.82, 2.24) is 20.4 Å². The lowest BCUT2D eigenvalue weighted by Crippen LogP contribution is -2.16. The van der Waals surface area contributed by atoms with Crippen LogP contribution in [0.2, 0.25) is 0 Å². The maximum atomic E-state index is 12.0. The van der Waals surface area contributed by atoms with Crippen molar-refractivity contribution in [3.8, 4) is 0 Å². The van der Waals surface area contributed by atoms with E-state index >= 15 is 0 Å². The fourth-order valence-electron chi connectivity index (χ4n) is 2.14. The van der Waals surface area contributed by atoms with Gasteiger partial charge in [0.05, 0.1) is 6.04 Å². The second-order valence-electron chi connectivity index (χ2n) is 4.78. The lowest BCUT2D eigenvalue weighted by Gasteiger charge is -2.02. The van der Waals surface area contributed by atoms with Crippen molar-refractivity contribution in [2.24, 2.45) is 0 Å². The van der Waals surface area contributed by atoms with E-state index in [1.165, 1.54) is 0 Å². The molecule has 1 fully saturated rings. The van der Waals surface area contributed by atoms with Crippen LogP contribution in [-0.4, -0.2) is 27.6 Å². The first-order chi connectivity index (χ1) is 9.72. The number of carbonyl (C=O) groups excluding carboxylic acids is 1. The van der Waals surface area contributed by atoms with Crippen LogP contribution in [0.25, 0.3) is 0 Å². The van der Waals surface area contributed by atoms with E-state index in [1.54, 1.807) is 12.3 Å². The Kier molecular flexibility index (Phi) is 3.42. The Morgan fingerprint density at radius 1 is 1.55 bits per heavy atom. The van der Waals surface area contributed by atoms with Crippen LogP contribution in [0.1, 0.15) is 41.0 Å². The van der Waals surface area contributed by atoms with Gasteiger partial charge in [0.1, 0.15) is 5.82 Å². The van der Waals surface area contributed by atoms with Crippen molar-refractivity contribution in [3.63, 3.8) is 0 Å². The Morgan fingerprint density at radius 3 is 3.20 bits per heavy atom. The molecule has 1 aliphatic heterocycles. The number of anilines is 1. The predicted octanol–water partition coefficient (Wildman–Crippen LogP) is 1.45. The summed E-state index contributed by atoms with van der Waals surface area (Å²) in [5.41, 5.74) is 1.01. The molecular weight excluding hydrogens is 258 g/mol. The van der Waals surface area contributed by atoms with Crippen molar-refractivity contribution >= 4 is 11.7 Å². The molecule has 20 heavy (non-hydrogen) atoms. The molecule has 2 aromatic heterocycles. The summed E-state index contributed by atoms with van der Waals surface area (Å²) in [7, 11) is 0. The highest BCUT2D eigenvalue weighted by Gasteiger charge is 2.24. The van der Waals surface area contributed by atoms with Crippen LogP contribution in [0.5, 0.6) is 0 Å². The third kappa shape index (κ3) is 2.67. The number of amides is 1. The lowest BCUT2D eigenvalue weighted by atomic mass is 10.2. The number of carbonyl (C=O) groups is 1. The Hall–Kier alpha value is -2.28. The zero-order valence-electron chi connectivity index (χ0n) is 11.1. The van der Waals surface area contributed by atoms with Gasteiger partial charge < -0.3 is 15.2 Å². The van der Waals surface area contributed by atoms with E-state index in [0.717, 1.165) is 24.9 Å². The summed E-state index contributed by atoms with van der Waals surface area (Å²) in [6.45, 7) is 2.86. The van der Waals surface area contributed by atoms with Gasteiger partial charge in [-0.3, -0.25) is 4.79 Å². The van der Waals surface area contributed by atoms with Crippen LogP contribution in [0.4, 0.5) is 5.82 Å². The van der Waals surface area contributed by atoms with Gasteiger partial charge >= 0.3 is 0 Å². The van der Waals surface area contributed by atoms with E-state index in [4.69, 9.17) is 4.52 Å². The summed E-state index contributed by atoms with van der Waals surface area (Å²) in [5.74, 6) is 0.540. The van der Waals surface area contributed by atoms with Gasteiger partial charge in [-0.2, -0.15) is 4.98 Å². The van der Waals surface area contributed by atoms with E-state index in [1.807, 2.05) is 13.0 Å². The SMILES string of the molecule is Cc1ccnc(NC(=O)c2noc(C3CCCN3)n2)c1. The van der Waals surface area contributed by atoms with Gasteiger partial charge in [0.2, 0.25) is 5.89 Å². The van der Waals surface area contributed by atoms with Crippen molar-refractivity contribution in [2.45, 2.75) is 25.8 Å². The van der Waals surface area contributed by atoms with Crippen LogP contribution >= 0.6 is 0 Å². The normalized spacial score (nSPS) is 18.1. The molecule has 7 heteroatoms. The van der Waals surface area contributed by atoms with E-state index in [9.17, 15) is 4.79 Å². The molecule has 1 unspecified atom stereocenters. The fraction of sp³-hybridized carbons (Fsp3) is 0.385. The Balaban J connectivity index is 1.71. The molecule has 0 saturated carbocycles. The highest BCUT2D eigenvalue weighted by molar-refractivity contribution is 6.00. The van der Waals surface area contributed by atoms with Gasteiger partial charge in [0, 0.05) is 6.20 Å². The minimum absolute atomic E-state index is 0.0250. The number of nitrogens with zero attached hydrogens (tertiary/aromatic N) is 3. The average molecular weight is 273 g/mol. The quantitative estimate of drug-likeness (QED) is 0.879. The molecule has 1 amide bonds. The molecule has 1 atom stereocenters. The Morgan fingerprint density at radius 2 is 2.45 bits per heavy atom. The van der Waals surface area contributed by atoms with E-state index in [-0.39, 0.29) is 11.9 Å². The zero-order chi connectivity index (χ0) is 13.9. The van der Waals surface area contributed by atoms with Crippen LogP contribution in [0.3, 0.4) is 0 Å². The van der Waals surface area contributed by atoms with Crippen molar-refractivity contribution < 1.29 is 9.32 Å². The topological polar surface area (TPSA) is 92.9 Å². The van der Waals surface area contributed by atoms with Crippen molar-refractivity contribution in [3.05, 3.63) is 35.6 Å². The van der Waals surface area contributed by atoms with Gasteiger partial charge in [-0.1, -0.05) is 5.16 Å². The summed E-state index contributed by atoms with van der Waals surface area (Å²) in [5, 5.41) is 9.60. The average Bonchev–Trinajstić information content (AvgIpc) is 3.10. The van der Waals surface area contributed by atoms with E-state index in [2.05, 4.69) is 25.8 Å². The third-order valence-electron chi connectivity index (χ3n) is 3.16. The summed E-state index contributed by atoms with van der Waals surface area (Å²) in [6.07, 6.45) is 3.65. The van der Waals surface area contributed by atoms with Gasteiger partial charge in [0.15, 0.2) is 0 Å². The van der Waals surface area contributed by atoms with Crippen LogP contribution in [0.15, 0.2) is 22.9 Å². The van der Waals surface area contributed by atoms with Crippen molar-refractivity contribution in [1.29, 1.82) is 0 Å². The first-order valence-electron chi connectivity index (χ1n) is 6.53. The molecule has 3 heterocycles. The number of aryl methyl sites for hydroxylation is 1. The number of aromatic nitrogens is 3. The molecule has 2 N–H and O–H groups in total. The number of hydrogen-bond acceptors (Lipinski definition) is 6. The first-order valence-corrected chi connectivity index (χ1v) is 6.53. The monoisotopic (exact) mass is 273 g/mol. The predicted molar refractivity (Wildman–Crippen MR) is 71.2 cm³/mol. The molecule has 3 rings (SSSR count). The molecule has 1 aliphatic rings. The molecule has 104 valence electrons. The minimum Gasteiger partial charge on any atom is -0.337 e. The lowest BCUT2D eigenvalue weighted by molar-refractivity contribution is 0.101. The molecule has 0 spiro atoms. The summed E-state index contributed by atoms with van der Waals surface area (Å²) >= 11 is 0. The highest BCUT2D eigenvalue weighted by atomic mass is 16.5. The van der Waals surface area contributed by atoms with Gasteiger partial charge in [-0.25, -0.2) is 4.98 Å².